The first-order valence-corrected chi connectivity index (χ1v) is 9.28. The molecule has 0 heterocycles. The molecule has 140 valence electrons. The van der Waals surface area contributed by atoms with Gasteiger partial charge in [-0.05, 0) is 49.9 Å². The highest BCUT2D eigenvalue weighted by Gasteiger charge is 2.20. The zero-order chi connectivity index (χ0) is 18.8. The van der Waals surface area contributed by atoms with Crippen LogP contribution >= 0.6 is 0 Å². The van der Waals surface area contributed by atoms with Crippen molar-refractivity contribution in [2.24, 2.45) is 5.92 Å². The van der Waals surface area contributed by atoms with Gasteiger partial charge in [-0.2, -0.15) is 0 Å². The average Bonchev–Trinajstić information content (AvgIpc) is 2.52. The maximum absolute atomic E-state index is 12.2. The average molecular weight is 348 g/mol. The van der Waals surface area contributed by atoms with Gasteiger partial charge in [-0.15, -0.1) is 0 Å². The second-order valence-corrected chi connectivity index (χ2v) is 6.94. The summed E-state index contributed by atoms with van der Waals surface area (Å²) in [4.78, 5) is 23.6. The number of carboxylic acid groups (broad SMARTS) is 1. The van der Waals surface area contributed by atoms with Gasteiger partial charge in [0.25, 0.3) is 0 Å². The first-order chi connectivity index (χ1) is 11.8. The second-order valence-electron chi connectivity index (χ2n) is 6.94. The molecule has 0 aliphatic carbocycles. The minimum absolute atomic E-state index is 0.0838. The predicted molar refractivity (Wildman–Crippen MR) is 98.1 cm³/mol. The Balaban J connectivity index is 2.58. The second kappa shape index (κ2) is 10.9. The summed E-state index contributed by atoms with van der Waals surface area (Å²) in [5.41, 5.74) is 2.81. The number of rotatable bonds is 11. The highest BCUT2D eigenvalue weighted by molar-refractivity contribution is 5.93. The van der Waals surface area contributed by atoms with Crippen LogP contribution in [-0.2, 0) is 9.59 Å². The Kier molecular flexibility index (Phi) is 9.21. The quantitative estimate of drug-likeness (QED) is 0.636. The largest absolute Gasteiger partial charge is 0.544 e. The molecule has 2 atom stereocenters. The molecule has 5 nitrogen and oxygen atoms in total. The number of carboxylic acids is 1. The minimum Gasteiger partial charge on any atom is -0.544 e. The number of unbranched alkanes of at least 4 members (excludes halogenated alkanes) is 1. The van der Waals surface area contributed by atoms with Crippen LogP contribution in [0.1, 0.15) is 57.1 Å². The van der Waals surface area contributed by atoms with E-state index >= 15 is 0 Å². The number of amides is 1. The molecule has 0 spiro atoms. The molecule has 1 amide bonds. The van der Waals surface area contributed by atoms with Crippen molar-refractivity contribution in [1.29, 1.82) is 0 Å². The van der Waals surface area contributed by atoms with Crippen molar-refractivity contribution >= 4 is 17.6 Å². The molecule has 1 rings (SSSR count). The van der Waals surface area contributed by atoms with Gasteiger partial charge in [0.1, 0.15) is 6.04 Å². The summed E-state index contributed by atoms with van der Waals surface area (Å²) < 4.78 is 0. The van der Waals surface area contributed by atoms with E-state index in [4.69, 9.17) is 0 Å². The van der Waals surface area contributed by atoms with Crippen LogP contribution in [0.4, 0.5) is 5.69 Å². The normalized spacial score (nSPS) is 13.3. The van der Waals surface area contributed by atoms with E-state index in [-0.39, 0.29) is 12.3 Å². The zero-order valence-electron chi connectivity index (χ0n) is 15.9. The van der Waals surface area contributed by atoms with E-state index < -0.39 is 12.0 Å². The van der Waals surface area contributed by atoms with E-state index in [2.05, 4.69) is 19.2 Å². The van der Waals surface area contributed by atoms with E-state index in [0.717, 1.165) is 36.8 Å². The molecule has 0 saturated carbocycles. The lowest BCUT2D eigenvalue weighted by Gasteiger charge is -2.20. The Bertz CT molecular complexity index is 552. The molecule has 0 bridgehead atoms. The third-order valence-electron chi connectivity index (χ3n) is 4.51. The number of nitrogens with one attached hydrogen (secondary N) is 1. The van der Waals surface area contributed by atoms with Crippen molar-refractivity contribution in [2.75, 3.05) is 11.9 Å². The van der Waals surface area contributed by atoms with Crippen molar-refractivity contribution in [3.63, 3.8) is 0 Å². The molecule has 0 aromatic heterocycles. The molecule has 0 fully saturated rings. The van der Waals surface area contributed by atoms with Crippen molar-refractivity contribution in [2.45, 2.75) is 65.8 Å². The Morgan fingerprint density at radius 2 is 1.80 bits per heavy atom. The van der Waals surface area contributed by atoms with Gasteiger partial charge in [-0.3, -0.25) is 4.79 Å². The first-order valence-electron chi connectivity index (χ1n) is 9.28. The zero-order valence-corrected chi connectivity index (χ0v) is 15.9. The lowest BCUT2D eigenvalue weighted by atomic mass is 9.99. The maximum Gasteiger partial charge on any atom is 0.230 e. The highest BCUT2D eigenvalue weighted by atomic mass is 16.4. The molecule has 3 N–H and O–H groups in total. The number of nitrogens with two attached hydrogens (primary N) is 1. The molecule has 0 saturated heterocycles. The standard InChI is InChI=1S/C20H32N2O3/c1-5-7-8-16(6-2)13-21-18(20(24)25)12-19(23)22-17-10-14(3)9-15(4)11-17/h9-11,16,18,21H,5-8,12-13H2,1-4H3,(H,22,23)(H,24,25)/t16-,18-/m1/s1. The number of hydrogen-bond donors (Lipinski definition) is 2. The number of benzene rings is 1. The fraction of sp³-hybridized carbons (Fsp3) is 0.600. The van der Waals surface area contributed by atoms with Gasteiger partial charge in [0, 0.05) is 11.6 Å². The molecule has 5 heteroatoms. The topological polar surface area (TPSA) is 85.8 Å². The van der Waals surface area contributed by atoms with Gasteiger partial charge < -0.3 is 20.5 Å². The smallest absolute Gasteiger partial charge is 0.230 e. The van der Waals surface area contributed by atoms with Crippen molar-refractivity contribution in [1.82, 2.24) is 0 Å². The Hall–Kier alpha value is -1.88. The van der Waals surface area contributed by atoms with Crippen molar-refractivity contribution in [3.8, 4) is 0 Å². The summed E-state index contributed by atoms with van der Waals surface area (Å²) in [5, 5.41) is 15.9. The SMILES string of the molecule is CCCC[C@@H](CC)C[NH2+][C@H](CC(=O)Nc1cc(C)cc(C)c1)C(=O)[O-]. The van der Waals surface area contributed by atoms with Gasteiger partial charge in [0.2, 0.25) is 5.91 Å². The van der Waals surface area contributed by atoms with Crippen molar-refractivity contribution in [3.05, 3.63) is 29.3 Å². The number of aliphatic carboxylic acids is 1. The van der Waals surface area contributed by atoms with Crippen LogP contribution in [0.3, 0.4) is 0 Å². The Labute approximate surface area is 151 Å². The predicted octanol–water partition coefficient (Wildman–Crippen LogP) is 1.53. The van der Waals surface area contributed by atoms with E-state index in [1.807, 2.05) is 32.0 Å². The number of carbonyl (C=O) groups is 2. The molecule has 0 unspecified atom stereocenters. The summed E-state index contributed by atoms with van der Waals surface area (Å²) in [5.74, 6) is -0.998. The third-order valence-corrected chi connectivity index (χ3v) is 4.51. The van der Waals surface area contributed by atoms with Crippen LogP contribution in [-0.4, -0.2) is 24.5 Å². The van der Waals surface area contributed by atoms with Gasteiger partial charge in [-0.25, -0.2) is 0 Å². The van der Waals surface area contributed by atoms with Gasteiger partial charge in [0.05, 0.1) is 18.9 Å². The first kappa shape index (κ1) is 21.2. The van der Waals surface area contributed by atoms with Crippen LogP contribution in [0.2, 0.25) is 0 Å². The number of quaternary nitrogens is 1. The summed E-state index contributed by atoms with van der Waals surface area (Å²) >= 11 is 0. The number of hydrogen-bond acceptors (Lipinski definition) is 3. The molecule has 0 radical (unpaired) electrons. The number of anilines is 1. The Morgan fingerprint density at radius 3 is 2.32 bits per heavy atom. The number of carbonyl (C=O) groups excluding carboxylic acids is 2. The van der Waals surface area contributed by atoms with Crippen LogP contribution in [0.25, 0.3) is 0 Å². The molecule has 1 aromatic rings. The van der Waals surface area contributed by atoms with E-state index in [1.165, 1.54) is 0 Å². The fourth-order valence-corrected chi connectivity index (χ4v) is 3.06. The van der Waals surface area contributed by atoms with Crippen molar-refractivity contribution < 1.29 is 20.0 Å². The fourth-order valence-electron chi connectivity index (χ4n) is 3.06. The maximum atomic E-state index is 12.2. The summed E-state index contributed by atoms with van der Waals surface area (Å²) in [6.07, 6.45) is 4.32. The van der Waals surface area contributed by atoms with Crippen LogP contribution in [0.15, 0.2) is 18.2 Å². The molecule has 25 heavy (non-hydrogen) atoms. The highest BCUT2D eigenvalue weighted by Crippen LogP contribution is 2.14. The van der Waals surface area contributed by atoms with E-state index in [9.17, 15) is 14.7 Å². The van der Waals surface area contributed by atoms with Crippen LogP contribution in [0.5, 0.6) is 0 Å². The summed E-state index contributed by atoms with van der Waals surface area (Å²) in [6.45, 7) is 8.90. The molecule has 0 aliphatic heterocycles. The van der Waals surface area contributed by atoms with Crippen LogP contribution in [0, 0.1) is 19.8 Å². The molecular formula is C20H32N2O3. The summed E-state index contributed by atoms with van der Waals surface area (Å²) in [6, 6.07) is 4.93. The summed E-state index contributed by atoms with van der Waals surface area (Å²) in [7, 11) is 0. The van der Waals surface area contributed by atoms with Gasteiger partial charge in [0.15, 0.2) is 0 Å². The number of aryl methyl sites for hydroxylation is 2. The van der Waals surface area contributed by atoms with Gasteiger partial charge >= 0.3 is 0 Å². The Morgan fingerprint density at radius 1 is 1.16 bits per heavy atom. The van der Waals surface area contributed by atoms with E-state index in [1.54, 1.807) is 5.32 Å². The van der Waals surface area contributed by atoms with Crippen LogP contribution < -0.4 is 15.7 Å². The lowest BCUT2D eigenvalue weighted by Crippen LogP contribution is -2.94. The monoisotopic (exact) mass is 348 g/mol. The van der Waals surface area contributed by atoms with E-state index in [0.29, 0.717) is 18.2 Å². The lowest BCUT2D eigenvalue weighted by molar-refractivity contribution is -0.687. The molecular weight excluding hydrogens is 316 g/mol. The minimum atomic E-state index is -1.18. The molecule has 1 aromatic carbocycles. The third kappa shape index (κ3) is 8.16. The molecule has 0 aliphatic rings. The van der Waals surface area contributed by atoms with Gasteiger partial charge in [-0.1, -0.05) is 32.8 Å².